The van der Waals surface area contributed by atoms with Gasteiger partial charge < -0.3 is 9.64 Å². The zero-order chi connectivity index (χ0) is 18.8. The predicted molar refractivity (Wildman–Crippen MR) is 106 cm³/mol. The van der Waals surface area contributed by atoms with Gasteiger partial charge in [-0.05, 0) is 38.5 Å². The molecule has 1 aromatic carbocycles. The highest BCUT2D eigenvalue weighted by molar-refractivity contribution is 7.20. The first-order chi connectivity index (χ1) is 12.4. The van der Waals surface area contributed by atoms with Crippen LogP contribution in [0.15, 0.2) is 24.3 Å². The molecular weight excluding hydrogens is 370 g/mol. The molecule has 7 heteroatoms. The normalized spacial score (nSPS) is 11.0. The SMILES string of the molecule is Cc1nc(C)c2c(C)c(C(=O)N(C)CCOc3ccccc3Cl)sc2n1. The Morgan fingerprint density at radius 1 is 1.23 bits per heavy atom. The van der Waals surface area contributed by atoms with Crippen LogP contribution in [0.5, 0.6) is 5.75 Å². The first-order valence-corrected chi connectivity index (χ1v) is 9.45. The number of para-hydroxylation sites is 1. The van der Waals surface area contributed by atoms with Crippen molar-refractivity contribution in [3.8, 4) is 5.75 Å². The molecule has 5 nitrogen and oxygen atoms in total. The minimum absolute atomic E-state index is 0.0367. The average Bonchev–Trinajstić information content (AvgIpc) is 2.92. The van der Waals surface area contributed by atoms with Gasteiger partial charge in [-0.2, -0.15) is 0 Å². The fourth-order valence-electron chi connectivity index (χ4n) is 2.81. The second-order valence-electron chi connectivity index (χ2n) is 6.10. The second-order valence-corrected chi connectivity index (χ2v) is 7.50. The third-order valence-electron chi connectivity index (χ3n) is 4.14. The van der Waals surface area contributed by atoms with Crippen molar-refractivity contribution in [1.29, 1.82) is 0 Å². The summed E-state index contributed by atoms with van der Waals surface area (Å²) in [6, 6.07) is 7.30. The maximum absolute atomic E-state index is 12.8. The summed E-state index contributed by atoms with van der Waals surface area (Å²) in [7, 11) is 1.77. The smallest absolute Gasteiger partial charge is 0.264 e. The molecule has 0 aliphatic carbocycles. The number of aromatic nitrogens is 2. The van der Waals surface area contributed by atoms with E-state index in [1.54, 1.807) is 18.0 Å². The van der Waals surface area contributed by atoms with E-state index in [0.29, 0.717) is 28.8 Å². The monoisotopic (exact) mass is 389 g/mol. The third-order valence-corrected chi connectivity index (χ3v) is 5.63. The van der Waals surface area contributed by atoms with Crippen molar-refractivity contribution < 1.29 is 9.53 Å². The number of rotatable bonds is 5. The van der Waals surface area contributed by atoms with E-state index in [9.17, 15) is 4.79 Å². The number of likely N-dealkylation sites (N-methyl/N-ethyl adjacent to an activating group) is 1. The van der Waals surface area contributed by atoms with Crippen LogP contribution in [-0.2, 0) is 0 Å². The Labute approximate surface area is 161 Å². The van der Waals surface area contributed by atoms with Crippen LogP contribution < -0.4 is 4.74 Å². The fraction of sp³-hybridized carbons (Fsp3) is 0.316. The predicted octanol–water partition coefficient (Wildman–Crippen LogP) is 4.42. The van der Waals surface area contributed by atoms with Crippen molar-refractivity contribution in [1.82, 2.24) is 14.9 Å². The summed E-state index contributed by atoms with van der Waals surface area (Å²) < 4.78 is 5.67. The summed E-state index contributed by atoms with van der Waals surface area (Å²) in [6.45, 7) is 6.59. The lowest BCUT2D eigenvalue weighted by Gasteiger charge is -2.17. The summed E-state index contributed by atoms with van der Waals surface area (Å²) in [5.41, 5.74) is 1.84. The van der Waals surface area contributed by atoms with Gasteiger partial charge >= 0.3 is 0 Å². The van der Waals surface area contributed by atoms with Gasteiger partial charge in [0.1, 0.15) is 23.0 Å². The summed E-state index contributed by atoms with van der Waals surface area (Å²) in [5, 5.41) is 1.54. The topological polar surface area (TPSA) is 55.3 Å². The molecule has 0 saturated heterocycles. The maximum Gasteiger partial charge on any atom is 0.264 e. The Morgan fingerprint density at radius 3 is 2.69 bits per heavy atom. The number of thiophene rings is 1. The van der Waals surface area contributed by atoms with E-state index in [1.165, 1.54) is 11.3 Å². The summed E-state index contributed by atoms with van der Waals surface area (Å²) in [5.74, 6) is 1.30. The first-order valence-electron chi connectivity index (χ1n) is 8.25. The van der Waals surface area contributed by atoms with Gasteiger partial charge in [-0.25, -0.2) is 9.97 Å². The number of benzene rings is 1. The Bertz CT molecular complexity index is 971. The van der Waals surface area contributed by atoms with Crippen molar-refractivity contribution in [2.75, 3.05) is 20.2 Å². The highest BCUT2D eigenvalue weighted by Crippen LogP contribution is 2.32. The molecule has 0 spiro atoms. The zero-order valence-electron chi connectivity index (χ0n) is 15.2. The molecule has 0 aliphatic heterocycles. The number of carbonyl (C=O) groups is 1. The van der Waals surface area contributed by atoms with Crippen LogP contribution in [0.3, 0.4) is 0 Å². The van der Waals surface area contributed by atoms with Gasteiger partial charge in [0.25, 0.3) is 5.91 Å². The number of carbonyl (C=O) groups excluding carboxylic acids is 1. The minimum Gasteiger partial charge on any atom is -0.490 e. The molecule has 26 heavy (non-hydrogen) atoms. The van der Waals surface area contributed by atoms with Gasteiger partial charge in [-0.1, -0.05) is 23.7 Å². The number of halogens is 1. The van der Waals surface area contributed by atoms with E-state index in [0.717, 1.165) is 27.3 Å². The number of nitrogens with zero attached hydrogens (tertiary/aromatic N) is 3. The Hall–Kier alpha value is -2.18. The fourth-order valence-corrected chi connectivity index (χ4v) is 4.27. The maximum atomic E-state index is 12.8. The Kier molecular flexibility index (Phi) is 5.44. The first kappa shape index (κ1) is 18.6. The van der Waals surface area contributed by atoms with Crippen molar-refractivity contribution in [2.24, 2.45) is 0 Å². The van der Waals surface area contributed by atoms with Crippen molar-refractivity contribution >= 4 is 39.1 Å². The molecule has 136 valence electrons. The summed E-state index contributed by atoms with van der Waals surface area (Å²) >= 11 is 7.49. The molecular formula is C19H20ClN3O2S. The number of aryl methyl sites for hydroxylation is 3. The number of hydrogen-bond donors (Lipinski definition) is 0. The Balaban J connectivity index is 1.72. The highest BCUT2D eigenvalue weighted by atomic mass is 35.5. The zero-order valence-corrected chi connectivity index (χ0v) is 16.7. The Morgan fingerprint density at radius 2 is 1.96 bits per heavy atom. The van der Waals surface area contributed by atoms with Crippen molar-refractivity contribution in [3.63, 3.8) is 0 Å². The van der Waals surface area contributed by atoms with Gasteiger partial charge in [0.05, 0.1) is 16.4 Å². The van der Waals surface area contributed by atoms with E-state index in [-0.39, 0.29) is 5.91 Å². The lowest BCUT2D eigenvalue weighted by molar-refractivity contribution is 0.0778. The summed E-state index contributed by atoms with van der Waals surface area (Å²) in [4.78, 5) is 24.9. The third kappa shape index (κ3) is 3.66. The van der Waals surface area contributed by atoms with E-state index < -0.39 is 0 Å². The highest BCUT2D eigenvalue weighted by Gasteiger charge is 2.21. The van der Waals surface area contributed by atoms with Crippen LogP contribution in [0, 0.1) is 20.8 Å². The molecule has 0 N–H and O–H groups in total. The molecule has 0 radical (unpaired) electrons. The molecule has 2 aromatic heterocycles. The molecule has 3 rings (SSSR count). The molecule has 3 aromatic rings. The van der Waals surface area contributed by atoms with Gasteiger partial charge in [-0.15, -0.1) is 11.3 Å². The van der Waals surface area contributed by atoms with Crippen molar-refractivity contribution in [2.45, 2.75) is 20.8 Å². The summed E-state index contributed by atoms with van der Waals surface area (Å²) in [6.07, 6.45) is 0. The second kappa shape index (κ2) is 7.60. The minimum atomic E-state index is -0.0367. The molecule has 0 saturated carbocycles. The van der Waals surface area contributed by atoms with E-state index in [4.69, 9.17) is 16.3 Å². The van der Waals surface area contributed by atoms with Crippen LogP contribution in [-0.4, -0.2) is 41.0 Å². The largest absolute Gasteiger partial charge is 0.490 e. The van der Waals surface area contributed by atoms with Crippen molar-refractivity contribution in [3.05, 3.63) is 51.2 Å². The molecule has 0 aliphatic rings. The number of ether oxygens (including phenoxy) is 1. The lowest BCUT2D eigenvalue weighted by atomic mass is 10.1. The van der Waals surface area contributed by atoms with E-state index in [1.807, 2.05) is 39.0 Å². The van der Waals surface area contributed by atoms with Crippen LogP contribution in [0.25, 0.3) is 10.2 Å². The quantitative estimate of drug-likeness (QED) is 0.648. The van der Waals surface area contributed by atoms with Gasteiger partial charge in [0.2, 0.25) is 0 Å². The molecule has 2 heterocycles. The van der Waals surface area contributed by atoms with E-state index in [2.05, 4.69) is 9.97 Å². The van der Waals surface area contributed by atoms with Crippen LogP contribution >= 0.6 is 22.9 Å². The molecule has 0 atom stereocenters. The van der Waals surface area contributed by atoms with Crippen LogP contribution in [0.1, 0.15) is 26.8 Å². The average molecular weight is 390 g/mol. The number of hydrogen-bond acceptors (Lipinski definition) is 5. The van der Waals surface area contributed by atoms with E-state index >= 15 is 0 Å². The van der Waals surface area contributed by atoms with Crippen LogP contribution in [0.4, 0.5) is 0 Å². The molecule has 1 amide bonds. The molecule has 0 fully saturated rings. The molecule has 0 bridgehead atoms. The number of fused-ring (bicyclic) bond motifs is 1. The van der Waals surface area contributed by atoms with Gasteiger partial charge in [0, 0.05) is 18.1 Å². The lowest BCUT2D eigenvalue weighted by Crippen LogP contribution is -2.30. The molecule has 0 unspecified atom stereocenters. The van der Waals surface area contributed by atoms with Gasteiger partial charge in [-0.3, -0.25) is 4.79 Å². The van der Waals surface area contributed by atoms with Gasteiger partial charge in [0.15, 0.2) is 0 Å². The number of amides is 1. The van der Waals surface area contributed by atoms with Crippen LogP contribution in [0.2, 0.25) is 5.02 Å². The standard InChI is InChI=1S/C19H20ClN3O2S/c1-11-16-12(2)21-13(3)22-18(16)26-17(11)19(24)23(4)9-10-25-15-8-6-5-7-14(15)20/h5-8H,9-10H2,1-4H3.